The van der Waals surface area contributed by atoms with Crippen LogP contribution in [0, 0.1) is 24.0 Å². The monoisotopic (exact) mass is 413 g/mol. The number of nitrogens with zero attached hydrogens (tertiary/aromatic N) is 4. The zero-order chi connectivity index (χ0) is 22.0. The van der Waals surface area contributed by atoms with Crippen LogP contribution >= 0.6 is 0 Å². The standard InChI is InChI=1S/C23H19N5O3/c1-15-12-21(24-20-9-4-3-8-19(15)20)27-22(13-16(2)26-27)25-23(29)11-10-17-6-5-7-18(14-17)28(30)31/h3-14H,1-2H3,(H,25,29)/b11-10+. The molecular weight excluding hydrogens is 394 g/mol. The lowest BCUT2D eigenvalue weighted by molar-refractivity contribution is -0.384. The van der Waals surface area contributed by atoms with Gasteiger partial charge in [-0.2, -0.15) is 9.78 Å². The molecule has 0 aliphatic rings. The summed E-state index contributed by atoms with van der Waals surface area (Å²) in [6, 6.07) is 17.6. The second-order valence-corrected chi connectivity index (χ2v) is 7.07. The Bertz CT molecular complexity index is 1340. The molecule has 2 aromatic carbocycles. The quantitative estimate of drug-likeness (QED) is 0.293. The Morgan fingerprint density at radius 2 is 1.90 bits per heavy atom. The summed E-state index contributed by atoms with van der Waals surface area (Å²) >= 11 is 0. The number of aryl methyl sites for hydroxylation is 2. The van der Waals surface area contributed by atoms with Crippen LogP contribution in [0.4, 0.5) is 11.5 Å². The number of amides is 1. The van der Waals surface area contributed by atoms with E-state index < -0.39 is 4.92 Å². The van der Waals surface area contributed by atoms with Gasteiger partial charge >= 0.3 is 0 Å². The molecule has 0 fully saturated rings. The predicted octanol–water partition coefficient (Wildman–Crippen LogP) is 4.60. The summed E-state index contributed by atoms with van der Waals surface area (Å²) < 4.78 is 1.59. The molecule has 2 aromatic heterocycles. The van der Waals surface area contributed by atoms with E-state index in [-0.39, 0.29) is 11.6 Å². The van der Waals surface area contributed by atoms with Crippen LogP contribution in [-0.2, 0) is 4.79 Å². The first-order valence-corrected chi connectivity index (χ1v) is 9.58. The molecular formula is C23H19N5O3. The number of carbonyl (C=O) groups is 1. The molecule has 0 aliphatic heterocycles. The van der Waals surface area contributed by atoms with Gasteiger partial charge in [-0.3, -0.25) is 14.9 Å². The fraction of sp³-hybridized carbons (Fsp3) is 0.0870. The lowest BCUT2D eigenvalue weighted by atomic mass is 10.1. The van der Waals surface area contributed by atoms with E-state index in [9.17, 15) is 14.9 Å². The Kier molecular flexibility index (Phi) is 5.28. The summed E-state index contributed by atoms with van der Waals surface area (Å²) in [7, 11) is 0. The summed E-state index contributed by atoms with van der Waals surface area (Å²) in [4.78, 5) is 27.6. The van der Waals surface area contributed by atoms with Gasteiger partial charge in [0.15, 0.2) is 5.82 Å². The lowest BCUT2D eigenvalue weighted by Crippen LogP contribution is -2.13. The Hall–Kier alpha value is -4.33. The van der Waals surface area contributed by atoms with E-state index in [4.69, 9.17) is 0 Å². The van der Waals surface area contributed by atoms with E-state index in [1.807, 2.05) is 44.2 Å². The fourth-order valence-corrected chi connectivity index (χ4v) is 3.29. The molecule has 8 nitrogen and oxygen atoms in total. The third-order valence-corrected chi connectivity index (χ3v) is 4.72. The number of para-hydroxylation sites is 1. The molecule has 0 aliphatic carbocycles. The highest BCUT2D eigenvalue weighted by molar-refractivity contribution is 6.01. The number of aromatic nitrogens is 3. The number of anilines is 1. The minimum Gasteiger partial charge on any atom is -0.307 e. The largest absolute Gasteiger partial charge is 0.307 e. The minimum atomic E-state index is -0.475. The van der Waals surface area contributed by atoms with Crippen LogP contribution in [0.3, 0.4) is 0 Å². The van der Waals surface area contributed by atoms with Crippen molar-refractivity contribution in [3.05, 3.63) is 93.7 Å². The van der Waals surface area contributed by atoms with Crippen LogP contribution in [0.1, 0.15) is 16.8 Å². The van der Waals surface area contributed by atoms with Crippen molar-refractivity contribution in [1.82, 2.24) is 14.8 Å². The number of nitro groups is 1. The van der Waals surface area contributed by atoms with Gasteiger partial charge in [-0.05, 0) is 43.2 Å². The van der Waals surface area contributed by atoms with E-state index in [2.05, 4.69) is 15.4 Å². The second-order valence-electron chi connectivity index (χ2n) is 7.07. The van der Waals surface area contributed by atoms with Crippen LogP contribution in [0.2, 0.25) is 0 Å². The van der Waals surface area contributed by atoms with Crippen LogP contribution in [0.25, 0.3) is 22.8 Å². The molecule has 4 aromatic rings. The molecule has 1 N–H and O–H groups in total. The smallest absolute Gasteiger partial charge is 0.270 e. The SMILES string of the molecule is Cc1cc(NC(=O)/C=C/c2cccc([N+](=O)[O-])c2)n(-c2cc(C)c3ccccc3n2)n1. The van der Waals surface area contributed by atoms with Crippen LogP contribution in [0.5, 0.6) is 0 Å². The summed E-state index contributed by atoms with van der Waals surface area (Å²) in [6.45, 7) is 3.84. The number of rotatable bonds is 5. The van der Waals surface area contributed by atoms with E-state index >= 15 is 0 Å². The van der Waals surface area contributed by atoms with Gasteiger partial charge in [0, 0.05) is 29.7 Å². The number of pyridine rings is 1. The normalized spacial score (nSPS) is 11.2. The second kappa shape index (κ2) is 8.19. The molecule has 0 saturated carbocycles. The highest BCUT2D eigenvalue weighted by Crippen LogP contribution is 2.22. The highest BCUT2D eigenvalue weighted by atomic mass is 16.6. The number of benzene rings is 2. The molecule has 0 atom stereocenters. The van der Waals surface area contributed by atoms with Gasteiger partial charge in [-0.25, -0.2) is 4.98 Å². The van der Waals surface area contributed by atoms with Crippen molar-refractivity contribution in [3.8, 4) is 5.82 Å². The molecule has 0 bridgehead atoms. The van der Waals surface area contributed by atoms with Gasteiger partial charge in [0.25, 0.3) is 5.69 Å². The molecule has 8 heteroatoms. The third kappa shape index (κ3) is 4.32. The first kappa shape index (κ1) is 20.0. The molecule has 0 unspecified atom stereocenters. The van der Waals surface area contributed by atoms with Crippen LogP contribution < -0.4 is 5.32 Å². The third-order valence-electron chi connectivity index (χ3n) is 4.72. The zero-order valence-electron chi connectivity index (χ0n) is 16.9. The molecule has 0 spiro atoms. The minimum absolute atomic E-state index is 0.0333. The van der Waals surface area contributed by atoms with Gasteiger partial charge in [0.1, 0.15) is 5.82 Å². The maximum atomic E-state index is 12.5. The van der Waals surface area contributed by atoms with Crippen LogP contribution in [-0.4, -0.2) is 25.6 Å². The summed E-state index contributed by atoms with van der Waals surface area (Å²) in [6.07, 6.45) is 2.85. The van der Waals surface area contributed by atoms with Gasteiger partial charge in [-0.15, -0.1) is 0 Å². The van der Waals surface area contributed by atoms with Crippen molar-refractivity contribution in [2.75, 3.05) is 5.32 Å². The molecule has 154 valence electrons. The van der Waals surface area contributed by atoms with E-state index in [1.165, 1.54) is 24.3 Å². The number of carbonyl (C=O) groups excluding carboxylic acids is 1. The number of non-ortho nitro benzene ring substituents is 1. The van der Waals surface area contributed by atoms with Gasteiger partial charge in [-0.1, -0.05) is 30.3 Å². The van der Waals surface area contributed by atoms with E-state index in [1.54, 1.807) is 22.9 Å². The molecule has 4 rings (SSSR count). The number of nitro benzene ring substituents is 1. The highest BCUT2D eigenvalue weighted by Gasteiger charge is 2.13. The molecule has 1 amide bonds. The number of hydrogen-bond acceptors (Lipinski definition) is 5. The van der Waals surface area contributed by atoms with Crippen molar-refractivity contribution in [1.29, 1.82) is 0 Å². The van der Waals surface area contributed by atoms with E-state index in [0.29, 0.717) is 17.2 Å². The molecule has 31 heavy (non-hydrogen) atoms. The topological polar surface area (TPSA) is 103 Å². The molecule has 2 heterocycles. The van der Waals surface area contributed by atoms with E-state index in [0.717, 1.165) is 22.2 Å². The number of hydrogen-bond donors (Lipinski definition) is 1. The number of fused-ring (bicyclic) bond motifs is 1. The Labute approximate surface area is 178 Å². The Balaban J connectivity index is 1.60. The fourth-order valence-electron chi connectivity index (χ4n) is 3.29. The summed E-state index contributed by atoms with van der Waals surface area (Å²) in [5.41, 5.74) is 3.14. The van der Waals surface area contributed by atoms with Crippen LogP contribution in [0.15, 0.2) is 66.7 Å². The maximum absolute atomic E-state index is 12.5. The number of nitrogens with one attached hydrogen (secondary N) is 1. The summed E-state index contributed by atoms with van der Waals surface area (Å²) in [5.74, 6) is 0.695. The zero-order valence-corrected chi connectivity index (χ0v) is 16.9. The first-order valence-electron chi connectivity index (χ1n) is 9.58. The Morgan fingerprint density at radius 3 is 2.71 bits per heavy atom. The van der Waals surface area contributed by atoms with Gasteiger partial charge < -0.3 is 5.32 Å². The average Bonchev–Trinajstić information content (AvgIpc) is 3.12. The van der Waals surface area contributed by atoms with Crippen molar-refractivity contribution in [3.63, 3.8) is 0 Å². The van der Waals surface area contributed by atoms with Gasteiger partial charge in [0.05, 0.1) is 16.1 Å². The average molecular weight is 413 g/mol. The van der Waals surface area contributed by atoms with Gasteiger partial charge in [0.2, 0.25) is 5.91 Å². The summed E-state index contributed by atoms with van der Waals surface area (Å²) in [5, 5.41) is 19.2. The van der Waals surface area contributed by atoms with Crippen molar-refractivity contribution in [2.45, 2.75) is 13.8 Å². The lowest BCUT2D eigenvalue weighted by Gasteiger charge is -2.10. The molecule has 0 radical (unpaired) electrons. The molecule has 0 saturated heterocycles. The predicted molar refractivity (Wildman–Crippen MR) is 119 cm³/mol. The van der Waals surface area contributed by atoms with Crippen molar-refractivity contribution >= 4 is 34.4 Å². The Morgan fingerprint density at radius 1 is 1.10 bits per heavy atom. The maximum Gasteiger partial charge on any atom is 0.270 e. The van der Waals surface area contributed by atoms with Crippen molar-refractivity contribution < 1.29 is 9.72 Å². The first-order chi connectivity index (χ1) is 14.9. The van der Waals surface area contributed by atoms with Crippen molar-refractivity contribution in [2.24, 2.45) is 0 Å².